The number of hydrogen-bond donors (Lipinski definition) is 1. The largest absolute Gasteiger partial charge is 0.398 e. The molecule has 1 nitrogen and oxygen atoms in total. The van der Waals surface area contributed by atoms with Gasteiger partial charge in [0.15, 0.2) is 0 Å². The van der Waals surface area contributed by atoms with Crippen molar-refractivity contribution < 1.29 is 8.78 Å². The molecule has 2 rings (SSSR count). The standard InChI is InChI=1S/C12H8BrF2N/c13-7-1-3-11(15)9(5-7)10-6-8(14)2-4-12(10)16/h1-6H,16H2. The molecular weight excluding hydrogens is 276 g/mol. The van der Waals surface area contributed by atoms with Crippen LogP contribution < -0.4 is 5.73 Å². The van der Waals surface area contributed by atoms with Crippen molar-refractivity contribution in [3.05, 3.63) is 52.5 Å². The average Bonchev–Trinajstić information content (AvgIpc) is 2.25. The quantitative estimate of drug-likeness (QED) is 0.788. The normalized spacial score (nSPS) is 10.4. The van der Waals surface area contributed by atoms with E-state index in [0.717, 1.165) is 0 Å². The Kier molecular flexibility index (Phi) is 2.92. The molecule has 4 heteroatoms. The van der Waals surface area contributed by atoms with E-state index < -0.39 is 11.6 Å². The van der Waals surface area contributed by atoms with E-state index in [2.05, 4.69) is 15.9 Å². The van der Waals surface area contributed by atoms with E-state index >= 15 is 0 Å². The molecule has 0 aliphatic rings. The van der Waals surface area contributed by atoms with Crippen molar-refractivity contribution in [2.45, 2.75) is 0 Å². The Bertz CT molecular complexity index is 491. The van der Waals surface area contributed by atoms with Crippen LogP contribution in [0.3, 0.4) is 0 Å². The molecule has 0 unspecified atom stereocenters. The van der Waals surface area contributed by atoms with Crippen LogP contribution in [0, 0.1) is 11.6 Å². The first-order valence-corrected chi connectivity index (χ1v) is 5.37. The first kappa shape index (κ1) is 11.1. The predicted molar refractivity (Wildman–Crippen MR) is 63.9 cm³/mol. The Balaban J connectivity index is 2.66. The fourth-order valence-electron chi connectivity index (χ4n) is 1.47. The summed E-state index contributed by atoms with van der Waals surface area (Å²) in [7, 11) is 0. The van der Waals surface area contributed by atoms with Crippen molar-refractivity contribution in [1.29, 1.82) is 0 Å². The van der Waals surface area contributed by atoms with Crippen LogP contribution >= 0.6 is 15.9 Å². The Morgan fingerprint density at radius 2 is 1.69 bits per heavy atom. The highest BCUT2D eigenvalue weighted by Crippen LogP contribution is 2.30. The summed E-state index contributed by atoms with van der Waals surface area (Å²) in [6.07, 6.45) is 0. The lowest BCUT2D eigenvalue weighted by Gasteiger charge is -2.07. The lowest BCUT2D eigenvalue weighted by atomic mass is 10.0. The van der Waals surface area contributed by atoms with E-state index in [4.69, 9.17) is 5.73 Å². The Morgan fingerprint density at radius 3 is 2.44 bits per heavy atom. The van der Waals surface area contributed by atoms with Crippen molar-refractivity contribution in [2.24, 2.45) is 0 Å². The van der Waals surface area contributed by atoms with E-state index in [0.29, 0.717) is 15.7 Å². The zero-order chi connectivity index (χ0) is 11.7. The van der Waals surface area contributed by atoms with Gasteiger partial charge in [-0.05, 0) is 36.4 Å². The van der Waals surface area contributed by atoms with E-state index in [-0.39, 0.29) is 5.56 Å². The summed E-state index contributed by atoms with van der Waals surface area (Å²) >= 11 is 3.24. The van der Waals surface area contributed by atoms with Gasteiger partial charge in [0.2, 0.25) is 0 Å². The van der Waals surface area contributed by atoms with E-state index in [1.54, 1.807) is 12.1 Å². The van der Waals surface area contributed by atoms with E-state index in [9.17, 15) is 8.78 Å². The van der Waals surface area contributed by atoms with Gasteiger partial charge in [-0.15, -0.1) is 0 Å². The smallest absolute Gasteiger partial charge is 0.131 e. The molecule has 0 spiro atoms. The number of nitrogens with two attached hydrogens (primary N) is 1. The molecule has 0 aliphatic carbocycles. The van der Waals surface area contributed by atoms with E-state index in [1.807, 2.05) is 0 Å². The Labute approximate surface area is 100 Å². The molecule has 0 saturated heterocycles. The minimum Gasteiger partial charge on any atom is -0.398 e. The fourth-order valence-corrected chi connectivity index (χ4v) is 1.83. The highest BCUT2D eigenvalue weighted by molar-refractivity contribution is 9.10. The number of hydrogen-bond acceptors (Lipinski definition) is 1. The summed E-state index contributed by atoms with van der Waals surface area (Å²) < 4.78 is 27.4. The number of anilines is 1. The van der Waals surface area contributed by atoms with Crippen LogP contribution in [0.5, 0.6) is 0 Å². The van der Waals surface area contributed by atoms with Crippen LogP contribution in [0.4, 0.5) is 14.5 Å². The molecule has 0 aromatic heterocycles. The molecule has 16 heavy (non-hydrogen) atoms. The highest BCUT2D eigenvalue weighted by atomic mass is 79.9. The second kappa shape index (κ2) is 4.22. The third-order valence-electron chi connectivity index (χ3n) is 2.23. The van der Waals surface area contributed by atoms with Crippen LogP contribution in [0.2, 0.25) is 0 Å². The molecule has 0 aliphatic heterocycles. The van der Waals surface area contributed by atoms with Crippen molar-refractivity contribution in [2.75, 3.05) is 5.73 Å². The summed E-state index contributed by atoms with van der Waals surface area (Å²) in [5.74, 6) is -0.871. The number of benzene rings is 2. The average molecular weight is 284 g/mol. The van der Waals surface area contributed by atoms with Gasteiger partial charge >= 0.3 is 0 Å². The summed E-state index contributed by atoms with van der Waals surface area (Å²) in [6.45, 7) is 0. The third kappa shape index (κ3) is 2.07. The molecule has 0 heterocycles. The summed E-state index contributed by atoms with van der Waals surface area (Å²) in [6, 6.07) is 8.35. The predicted octanol–water partition coefficient (Wildman–Crippen LogP) is 3.98. The summed E-state index contributed by atoms with van der Waals surface area (Å²) in [5, 5.41) is 0. The van der Waals surface area contributed by atoms with Gasteiger partial charge in [-0.2, -0.15) is 0 Å². The number of halogens is 3. The molecule has 0 bridgehead atoms. The molecule has 2 aromatic rings. The maximum Gasteiger partial charge on any atom is 0.131 e. The topological polar surface area (TPSA) is 26.0 Å². The Hall–Kier alpha value is -1.42. The SMILES string of the molecule is Nc1ccc(F)cc1-c1cc(Br)ccc1F. The zero-order valence-electron chi connectivity index (χ0n) is 8.18. The van der Waals surface area contributed by atoms with Gasteiger partial charge in [0.05, 0.1) is 0 Å². The molecule has 0 amide bonds. The van der Waals surface area contributed by atoms with Crippen molar-refractivity contribution in [3.8, 4) is 11.1 Å². The second-order valence-electron chi connectivity index (χ2n) is 3.36. The number of rotatable bonds is 1. The van der Waals surface area contributed by atoms with Gasteiger partial charge in [-0.1, -0.05) is 15.9 Å². The summed E-state index contributed by atoms with van der Waals surface area (Å²) in [5.41, 5.74) is 6.68. The maximum atomic E-state index is 13.6. The lowest BCUT2D eigenvalue weighted by molar-refractivity contribution is 0.625. The van der Waals surface area contributed by atoms with Gasteiger partial charge in [0.1, 0.15) is 11.6 Å². The monoisotopic (exact) mass is 283 g/mol. The first-order valence-electron chi connectivity index (χ1n) is 4.58. The maximum absolute atomic E-state index is 13.6. The third-order valence-corrected chi connectivity index (χ3v) is 2.73. The fraction of sp³-hybridized carbons (Fsp3) is 0. The highest BCUT2D eigenvalue weighted by Gasteiger charge is 2.09. The van der Waals surface area contributed by atoms with Crippen molar-refractivity contribution in [3.63, 3.8) is 0 Å². The van der Waals surface area contributed by atoms with Crippen LogP contribution in [0.15, 0.2) is 40.9 Å². The van der Waals surface area contributed by atoms with Crippen LogP contribution in [0.1, 0.15) is 0 Å². The Morgan fingerprint density at radius 1 is 0.938 bits per heavy atom. The van der Waals surface area contributed by atoms with Crippen LogP contribution in [-0.4, -0.2) is 0 Å². The van der Waals surface area contributed by atoms with Crippen molar-refractivity contribution in [1.82, 2.24) is 0 Å². The molecule has 0 saturated carbocycles. The van der Waals surface area contributed by atoms with Crippen molar-refractivity contribution >= 4 is 21.6 Å². The molecule has 82 valence electrons. The van der Waals surface area contributed by atoms with Gasteiger partial charge in [-0.25, -0.2) is 8.78 Å². The van der Waals surface area contributed by atoms with Gasteiger partial charge in [0, 0.05) is 21.3 Å². The van der Waals surface area contributed by atoms with Gasteiger partial charge in [-0.3, -0.25) is 0 Å². The zero-order valence-corrected chi connectivity index (χ0v) is 9.76. The molecule has 0 atom stereocenters. The molecule has 2 aromatic carbocycles. The van der Waals surface area contributed by atoms with E-state index in [1.165, 1.54) is 24.3 Å². The van der Waals surface area contributed by atoms with Crippen LogP contribution in [-0.2, 0) is 0 Å². The van der Waals surface area contributed by atoms with Crippen LogP contribution in [0.25, 0.3) is 11.1 Å². The molecule has 2 N–H and O–H groups in total. The summed E-state index contributed by atoms with van der Waals surface area (Å²) in [4.78, 5) is 0. The number of nitrogen functional groups attached to an aromatic ring is 1. The first-order chi connectivity index (χ1) is 7.58. The molecule has 0 radical (unpaired) electrons. The molecule has 0 fully saturated rings. The minimum atomic E-state index is -0.441. The minimum absolute atomic E-state index is 0.284. The second-order valence-corrected chi connectivity index (χ2v) is 4.27. The van der Waals surface area contributed by atoms with Gasteiger partial charge < -0.3 is 5.73 Å². The van der Waals surface area contributed by atoms with Gasteiger partial charge in [0.25, 0.3) is 0 Å². The molecular formula is C12H8BrF2N. The lowest BCUT2D eigenvalue weighted by Crippen LogP contribution is -1.93.